The number of aliphatic carboxylic acids is 1. The molecule has 6 heteroatoms. The molecule has 0 spiro atoms. The summed E-state index contributed by atoms with van der Waals surface area (Å²) in [4.78, 5) is 28.9. The molecule has 2 bridgehead atoms. The van der Waals surface area contributed by atoms with Gasteiger partial charge in [0.1, 0.15) is 0 Å². The van der Waals surface area contributed by atoms with Crippen LogP contribution in [-0.4, -0.2) is 22.0 Å². The number of anilines is 1. The molecule has 2 N–H and O–H groups in total. The number of hydrogen-bond donors (Lipinski definition) is 2. The molecule has 1 aromatic heterocycles. The smallest absolute Gasteiger partial charge is 0.307 e. The Labute approximate surface area is 156 Å². The normalized spacial score (nSPS) is 26.8. The molecule has 2 aliphatic carbocycles. The lowest BCUT2D eigenvalue weighted by atomic mass is 9.79. The second-order valence-electron chi connectivity index (χ2n) is 7.30. The van der Waals surface area contributed by atoms with Gasteiger partial charge in [0.2, 0.25) is 5.91 Å². The third-order valence-corrected chi connectivity index (χ3v) is 6.65. The molecule has 0 aliphatic heterocycles. The van der Waals surface area contributed by atoms with Gasteiger partial charge in [0, 0.05) is 10.9 Å². The Balaban J connectivity index is 1.48. The summed E-state index contributed by atoms with van der Waals surface area (Å²) in [5.41, 5.74) is 3.12. The first-order valence-electron chi connectivity index (χ1n) is 9.15. The van der Waals surface area contributed by atoms with Crippen LogP contribution < -0.4 is 5.32 Å². The van der Waals surface area contributed by atoms with Crippen LogP contribution in [0.1, 0.15) is 31.7 Å². The fourth-order valence-corrected chi connectivity index (χ4v) is 5.31. The number of carbonyl (C=O) groups is 2. The van der Waals surface area contributed by atoms with E-state index in [2.05, 4.69) is 29.4 Å². The van der Waals surface area contributed by atoms with Crippen molar-refractivity contribution in [2.24, 2.45) is 23.7 Å². The summed E-state index contributed by atoms with van der Waals surface area (Å²) in [5.74, 6) is -1.66. The minimum absolute atomic E-state index is 0.150. The first kappa shape index (κ1) is 17.2. The number of nitrogens with zero attached hydrogens (tertiary/aromatic N) is 1. The zero-order chi connectivity index (χ0) is 18.3. The topological polar surface area (TPSA) is 79.3 Å². The van der Waals surface area contributed by atoms with E-state index < -0.39 is 17.8 Å². The number of amides is 1. The predicted molar refractivity (Wildman–Crippen MR) is 101 cm³/mol. The molecule has 2 saturated carbocycles. The van der Waals surface area contributed by atoms with Gasteiger partial charge in [-0.3, -0.25) is 9.59 Å². The summed E-state index contributed by atoms with van der Waals surface area (Å²) in [6.45, 7) is 2.12. The minimum atomic E-state index is -0.840. The number of nitrogens with one attached hydrogen (secondary N) is 1. The maximum absolute atomic E-state index is 12.7. The molecular weight excluding hydrogens is 348 g/mol. The lowest BCUT2D eigenvalue weighted by molar-refractivity contribution is -0.148. The third-order valence-electron chi connectivity index (χ3n) is 5.90. The van der Waals surface area contributed by atoms with Crippen molar-refractivity contribution in [3.63, 3.8) is 0 Å². The van der Waals surface area contributed by atoms with Crippen LogP contribution in [0, 0.1) is 23.7 Å². The number of benzene rings is 1. The van der Waals surface area contributed by atoms with Gasteiger partial charge in [-0.15, -0.1) is 11.3 Å². The number of hydrogen-bond acceptors (Lipinski definition) is 4. The van der Waals surface area contributed by atoms with E-state index in [0.29, 0.717) is 5.13 Å². The van der Waals surface area contributed by atoms with Crippen LogP contribution in [0.2, 0.25) is 0 Å². The molecule has 0 unspecified atom stereocenters. The van der Waals surface area contributed by atoms with Gasteiger partial charge < -0.3 is 10.4 Å². The van der Waals surface area contributed by atoms with Gasteiger partial charge in [-0.05, 0) is 43.1 Å². The Kier molecular flexibility index (Phi) is 4.53. The average molecular weight is 370 g/mol. The molecule has 2 aliphatic rings. The molecule has 2 aromatic rings. The first-order valence-corrected chi connectivity index (χ1v) is 10.0. The summed E-state index contributed by atoms with van der Waals surface area (Å²) >= 11 is 1.38. The largest absolute Gasteiger partial charge is 0.481 e. The van der Waals surface area contributed by atoms with Crippen molar-refractivity contribution in [3.8, 4) is 11.3 Å². The van der Waals surface area contributed by atoms with Gasteiger partial charge in [-0.1, -0.05) is 31.2 Å². The molecule has 1 heterocycles. The molecule has 136 valence electrons. The van der Waals surface area contributed by atoms with E-state index in [1.807, 2.05) is 17.5 Å². The van der Waals surface area contributed by atoms with Crippen LogP contribution in [0.25, 0.3) is 11.3 Å². The van der Waals surface area contributed by atoms with E-state index in [4.69, 9.17) is 0 Å². The SMILES string of the molecule is CCc1ccc(-c2csc(NC(=O)[C@H]3[C@H]4CC[C@@H](C4)[C@@H]3C(=O)O)n2)cc1. The maximum atomic E-state index is 12.7. The van der Waals surface area contributed by atoms with Crippen molar-refractivity contribution < 1.29 is 14.7 Å². The van der Waals surface area contributed by atoms with Gasteiger partial charge in [0.05, 0.1) is 17.5 Å². The molecule has 1 aromatic carbocycles. The molecule has 1 amide bonds. The Morgan fingerprint density at radius 2 is 1.88 bits per heavy atom. The van der Waals surface area contributed by atoms with Crippen molar-refractivity contribution in [2.75, 3.05) is 5.32 Å². The molecular formula is C20H22N2O3S. The minimum Gasteiger partial charge on any atom is -0.481 e. The number of carbonyl (C=O) groups excluding carboxylic acids is 1. The van der Waals surface area contributed by atoms with Gasteiger partial charge in [-0.25, -0.2) is 4.98 Å². The highest BCUT2D eigenvalue weighted by molar-refractivity contribution is 7.14. The highest BCUT2D eigenvalue weighted by Gasteiger charge is 2.54. The fourth-order valence-electron chi connectivity index (χ4n) is 4.59. The van der Waals surface area contributed by atoms with Gasteiger partial charge in [0.25, 0.3) is 0 Å². The monoisotopic (exact) mass is 370 g/mol. The number of aromatic nitrogens is 1. The zero-order valence-corrected chi connectivity index (χ0v) is 15.5. The lowest BCUT2D eigenvalue weighted by Crippen LogP contribution is -2.37. The van der Waals surface area contributed by atoms with Crippen molar-refractivity contribution in [3.05, 3.63) is 35.2 Å². The van der Waals surface area contributed by atoms with Crippen LogP contribution in [0.3, 0.4) is 0 Å². The summed E-state index contributed by atoms with van der Waals surface area (Å²) in [6.07, 6.45) is 3.74. The zero-order valence-electron chi connectivity index (χ0n) is 14.6. The van der Waals surface area contributed by atoms with Crippen LogP contribution in [0.5, 0.6) is 0 Å². The second-order valence-corrected chi connectivity index (χ2v) is 8.16. The number of aryl methyl sites for hydroxylation is 1. The van der Waals surface area contributed by atoms with Gasteiger partial charge >= 0.3 is 5.97 Å². The maximum Gasteiger partial charge on any atom is 0.307 e. The van der Waals surface area contributed by atoms with E-state index in [1.54, 1.807) is 0 Å². The number of fused-ring (bicyclic) bond motifs is 2. The van der Waals surface area contributed by atoms with Crippen LogP contribution >= 0.6 is 11.3 Å². The van der Waals surface area contributed by atoms with E-state index in [0.717, 1.165) is 36.9 Å². The van der Waals surface area contributed by atoms with E-state index in [-0.39, 0.29) is 17.7 Å². The van der Waals surface area contributed by atoms with Crippen molar-refractivity contribution in [1.82, 2.24) is 4.98 Å². The van der Waals surface area contributed by atoms with E-state index >= 15 is 0 Å². The van der Waals surface area contributed by atoms with Crippen LogP contribution in [0.15, 0.2) is 29.6 Å². The summed E-state index contributed by atoms with van der Waals surface area (Å²) in [6, 6.07) is 8.24. The molecule has 0 radical (unpaired) electrons. The number of carboxylic acids is 1. The molecule has 5 nitrogen and oxygen atoms in total. The van der Waals surface area contributed by atoms with Gasteiger partial charge in [-0.2, -0.15) is 0 Å². The Hall–Kier alpha value is -2.21. The highest BCUT2D eigenvalue weighted by atomic mass is 32.1. The molecule has 26 heavy (non-hydrogen) atoms. The third kappa shape index (κ3) is 3.03. The molecule has 0 saturated heterocycles. The number of rotatable bonds is 5. The standard InChI is InChI=1S/C20H22N2O3S/c1-2-11-3-5-12(6-4-11)15-10-26-20(21-15)22-18(23)16-13-7-8-14(9-13)17(16)19(24)25/h3-6,10,13-14,16-17H,2,7-9H2,1H3,(H,24,25)(H,21,22,23)/t13-,14-,16-,17-/m0/s1. The Morgan fingerprint density at radius 1 is 1.19 bits per heavy atom. The summed E-state index contributed by atoms with van der Waals surface area (Å²) in [7, 11) is 0. The predicted octanol–water partition coefficient (Wildman–Crippen LogP) is 4.06. The van der Waals surface area contributed by atoms with E-state index in [9.17, 15) is 14.7 Å². The van der Waals surface area contributed by atoms with Gasteiger partial charge in [0.15, 0.2) is 5.13 Å². The van der Waals surface area contributed by atoms with Crippen molar-refractivity contribution >= 4 is 28.3 Å². The van der Waals surface area contributed by atoms with Crippen molar-refractivity contribution in [2.45, 2.75) is 32.6 Å². The highest BCUT2D eigenvalue weighted by Crippen LogP contribution is 2.52. The van der Waals surface area contributed by atoms with Crippen LogP contribution in [-0.2, 0) is 16.0 Å². The first-order chi connectivity index (χ1) is 12.6. The Morgan fingerprint density at radius 3 is 2.54 bits per heavy atom. The van der Waals surface area contributed by atoms with Crippen LogP contribution in [0.4, 0.5) is 5.13 Å². The average Bonchev–Trinajstić information content (AvgIpc) is 3.37. The lowest BCUT2D eigenvalue weighted by Gasteiger charge is -2.26. The number of carboxylic acid groups (broad SMARTS) is 1. The Bertz CT molecular complexity index is 830. The van der Waals surface area contributed by atoms with E-state index in [1.165, 1.54) is 16.9 Å². The molecule has 4 atom stereocenters. The fraction of sp³-hybridized carbons (Fsp3) is 0.450. The summed E-state index contributed by atoms with van der Waals surface area (Å²) < 4.78 is 0. The van der Waals surface area contributed by atoms with Crippen molar-refractivity contribution in [1.29, 1.82) is 0 Å². The number of thiazole rings is 1. The molecule has 4 rings (SSSR count). The second kappa shape index (κ2) is 6.83. The quantitative estimate of drug-likeness (QED) is 0.832. The summed E-state index contributed by atoms with van der Waals surface area (Å²) in [5, 5.41) is 14.9. The molecule has 2 fully saturated rings.